The standard InChI is InChI=1S/C20H23FN2O2S/c1-15-6-11-26-18(15)12-22-9-7-20(8-10-22)14-23(19(24)13-25-20)17-4-2-16(21)3-5-17/h2-6,11H,7-10,12-14H2,1H3. The van der Waals surface area contributed by atoms with Gasteiger partial charge in [-0.1, -0.05) is 0 Å². The molecule has 0 aliphatic carbocycles. The lowest BCUT2D eigenvalue weighted by molar-refractivity contribution is -0.144. The number of piperidine rings is 1. The van der Waals surface area contributed by atoms with Crippen molar-refractivity contribution in [1.82, 2.24) is 4.90 Å². The Hall–Kier alpha value is -1.76. The molecule has 1 amide bonds. The van der Waals surface area contributed by atoms with E-state index in [2.05, 4.69) is 23.3 Å². The van der Waals surface area contributed by atoms with Crippen LogP contribution in [0.3, 0.4) is 0 Å². The van der Waals surface area contributed by atoms with Crippen LogP contribution < -0.4 is 4.90 Å². The molecule has 2 aromatic rings. The highest BCUT2D eigenvalue weighted by Crippen LogP contribution is 2.33. The molecule has 0 atom stereocenters. The second-order valence-corrected chi connectivity index (χ2v) is 8.23. The molecule has 138 valence electrons. The van der Waals surface area contributed by atoms with Crippen LogP contribution in [0.25, 0.3) is 0 Å². The SMILES string of the molecule is Cc1ccsc1CN1CCC2(CC1)CN(c1ccc(F)cc1)C(=O)CO2. The van der Waals surface area contributed by atoms with Crippen LogP contribution in [-0.2, 0) is 16.1 Å². The van der Waals surface area contributed by atoms with E-state index in [1.807, 2.05) is 11.3 Å². The van der Waals surface area contributed by atoms with E-state index in [0.29, 0.717) is 6.54 Å². The van der Waals surface area contributed by atoms with E-state index < -0.39 is 0 Å². The first kappa shape index (κ1) is 17.6. The van der Waals surface area contributed by atoms with Crippen molar-refractivity contribution >= 4 is 22.9 Å². The highest BCUT2D eigenvalue weighted by Gasteiger charge is 2.42. The van der Waals surface area contributed by atoms with Gasteiger partial charge in [-0.3, -0.25) is 9.69 Å². The molecule has 4 rings (SSSR count). The topological polar surface area (TPSA) is 32.8 Å². The maximum Gasteiger partial charge on any atom is 0.253 e. The number of likely N-dealkylation sites (tertiary alicyclic amines) is 1. The van der Waals surface area contributed by atoms with Crippen molar-refractivity contribution in [3.05, 3.63) is 52.0 Å². The number of ether oxygens (including phenoxy) is 1. The van der Waals surface area contributed by atoms with Crippen LogP contribution in [0.4, 0.5) is 10.1 Å². The molecule has 0 saturated carbocycles. The molecule has 6 heteroatoms. The fraction of sp³-hybridized carbons (Fsp3) is 0.450. The first-order chi connectivity index (χ1) is 12.5. The third-order valence-electron chi connectivity index (χ3n) is 5.49. The van der Waals surface area contributed by atoms with Crippen LogP contribution in [0, 0.1) is 12.7 Å². The number of amides is 1. The molecular weight excluding hydrogens is 351 g/mol. The molecule has 0 unspecified atom stereocenters. The van der Waals surface area contributed by atoms with E-state index in [4.69, 9.17) is 4.74 Å². The van der Waals surface area contributed by atoms with Gasteiger partial charge in [0.1, 0.15) is 12.4 Å². The first-order valence-corrected chi connectivity index (χ1v) is 9.88. The van der Waals surface area contributed by atoms with Crippen molar-refractivity contribution in [3.63, 3.8) is 0 Å². The van der Waals surface area contributed by atoms with Gasteiger partial charge in [0.25, 0.3) is 5.91 Å². The van der Waals surface area contributed by atoms with Gasteiger partial charge in [-0.05, 0) is 61.0 Å². The van der Waals surface area contributed by atoms with Gasteiger partial charge >= 0.3 is 0 Å². The molecule has 4 nitrogen and oxygen atoms in total. The van der Waals surface area contributed by atoms with Gasteiger partial charge in [-0.2, -0.15) is 0 Å². The lowest BCUT2D eigenvalue weighted by Gasteiger charge is -2.47. The number of rotatable bonds is 3. The number of hydrogen-bond donors (Lipinski definition) is 0. The van der Waals surface area contributed by atoms with Gasteiger partial charge in [0.05, 0.1) is 12.1 Å². The summed E-state index contributed by atoms with van der Waals surface area (Å²) >= 11 is 1.81. The summed E-state index contributed by atoms with van der Waals surface area (Å²) in [6, 6.07) is 8.30. The maximum atomic E-state index is 13.2. The monoisotopic (exact) mass is 374 g/mol. The minimum atomic E-state index is -0.290. The van der Waals surface area contributed by atoms with Gasteiger partial charge in [-0.15, -0.1) is 11.3 Å². The Labute approximate surface area is 157 Å². The van der Waals surface area contributed by atoms with Crippen LogP contribution >= 0.6 is 11.3 Å². The number of halogens is 1. The van der Waals surface area contributed by atoms with Crippen molar-refractivity contribution in [1.29, 1.82) is 0 Å². The van der Waals surface area contributed by atoms with Crippen molar-refractivity contribution < 1.29 is 13.9 Å². The summed E-state index contributed by atoms with van der Waals surface area (Å²) in [5.41, 5.74) is 1.82. The Kier molecular flexibility index (Phi) is 4.82. The van der Waals surface area contributed by atoms with E-state index in [0.717, 1.165) is 38.2 Å². The second-order valence-electron chi connectivity index (χ2n) is 7.23. The molecule has 2 aliphatic heterocycles. The molecule has 3 heterocycles. The predicted octanol–water partition coefficient (Wildman–Crippen LogP) is 3.59. The summed E-state index contributed by atoms with van der Waals surface area (Å²) in [6.07, 6.45) is 1.81. The second kappa shape index (κ2) is 7.10. The summed E-state index contributed by atoms with van der Waals surface area (Å²) in [5.74, 6) is -0.347. The molecular formula is C20H23FN2O2S. The quantitative estimate of drug-likeness (QED) is 0.823. The normalized spacial score (nSPS) is 20.7. The Balaban J connectivity index is 1.42. The number of nitrogens with zero attached hydrogens (tertiary/aromatic N) is 2. The highest BCUT2D eigenvalue weighted by atomic mass is 32.1. The van der Waals surface area contributed by atoms with Gasteiger partial charge in [0.15, 0.2) is 0 Å². The number of benzene rings is 1. The Bertz CT molecular complexity index is 781. The molecule has 0 radical (unpaired) electrons. The number of morpholine rings is 1. The molecule has 1 spiro atoms. The number of thiophene rings is 1. The van der Waals surface area contributed by atoms with E-state index in [1.165, 1.54) is 22.6 Å². The fourth-order valence-electron chi connectivity index (χ4n) is 3.76. The van der Waals surface area contributed by atoms with Crippen molar-refractivity contribution in [2.24, 2.45) is 0 Å². The third kappa shape index (κ3) is 3.54. The molecule has 2 fully saturated rings. The number of carbonyl (C=O) groups excluding carboxylic acids is 1. The number of carbonyl (C=O) groups is 1. The lowest BCUT2D eigenvalue weighted by atomic mass is 9.89. The largest absolute Gasteiger partial charge is 0.363 e. The molecule has 2 saturated heterocycles. The van der Waals surface area contributed by atoms with E-state index in [9.17, 15) is 9.18 Å². The summed E-state index contributed by atoms with van der Waals surface area (Å²) in [6.45, 7) is 5.71. The molecule has 26 heavy (non-hydrogen) atoms. The Morgan fingerprint density at radius 3 is 2.58 bits per heavy atom. The van der Waals surface area contributed by atoms with E-state index in [-0.39, 0.29) is 23.9 Å². The summed E-state index contributed by atoms with van der Waals surface area (Å²) in [4.78, 5) is 18.0. The average Bonchev–Trinajstić information content (AvgIpc) is 3.05. The van der Waals surface area contributed by atoms with Gasteiger partial charge in [0, 0.05) is 30.2 Å². The third-order valence-corrected chi connectivity index (χ3v) is 6.50. The molecule has 0 N–H and O–H groups in total. The summed E-state index contributed by atoms with van der Waals surface area (Å²) in [5, 5.41) is 2.15. The van der Waals surface area contributed by atoms with Crippen molar-refractivity contribution in [2.75, 3.05) is 31.1 Å². The zero-order chi connectivity index (χ0) is 18.1. The first-order valence-electron chi connectivity index (χ1n) is 9.00. The number of hydrogen-bond acceptors (Lipinski definition) is 4. The lowest BCUT2D eigenvalue weighted by Crippen LogP contribution is -2.58. The fourth-order valence-corrected chi connectivity index (χ4v) is 4.71. The van der Waals surface area contributed by atoms with Crippen molar-refractivity contribution in [2.45, 2.75) is 31.9 Å². The predicted molar refractivity (Wildman–Crippen MR) is 101 cm³/mol. The van der Waals surface area contributed by atoms with Crippen LogP contribution in [-0.4, -0.2) is 42.6 Å². The number of aryl methyl sites for hydroxylation is 1. The Morgan fingerprint density at radius 2 is 1.92 bits per heavy atom. The smallest absolute Gasteiger partial charge is 0.253 e. The Morgan fingerprint density at radius 1 is 1.19 bits per heavy atom. The van der Waals surface area contributed by atoms with Crippen molar-refractivity contribution in [3.8, 4) is 0 Å². The van der Waals surface area contributed by atoms with Crippen LogP contribution in [0.5, 0.6) is 0 Å². The summed E-state index contributed by atoms with van der Waals surface area (Å²) < 4.78 is 19.2. The minimum absolute atomic E-state index is 0.0566. The molecule has 1 aromatic carbocycles. The van der Waals surface area contributed by atoms with Gasteiger partial charge in [0.2, 0.25) is 0 Å². The van der Waals surface area contributed by atoms with Crippen LogP contribution in [0.1, 0.15) is 23.3 Å². The minimum Gasteiger partial charge on any atom is -0.363 e. The maximum absolute atomic E-state index is 13.2. The molecule has 2 aliphatic rings. The molecule has 0 bridgehead atoms. The van der Waals surface area contributed by atoms with Gasteiger partial charge < -0.3 is 9.64 Å². The van der Waals surface area contributed by atoms with E-state index >= 15 is 0 Å². The van der Waals surface area contributed by atoms with Gasteiger partial charge in [-0.25, -0.2) is 4.39 Å². The highest BCUT2D eigenvalue weighted by molar-refractivity contribution is 7.10. The van der Waals surface area contributed by atoms with Crippen LogP contribution in [0.2, 0.25) is 0 Å². The van der Waals surface area contributed by atoms with E-state index in [1.54, 1.807) is 17.0 Å². The number of anilines is 1. The molecule has 1 aromatic heterocycles. The average molecular weight is 374 g/mol. The zero-order valence-electron chi connectivity index (χ0n) is 14.9. The zero-order valence-corrected chi connectivity index (χ0v) is 15.7. The summed E-state index contributed by atoms with van der Waals surface area (Å²) in [7, 11) is 0. The van der Waals surface area contributed by atoms with Crippen LogP contribution in [0.15, 0.2) is 35.7 Å².